The van der Waals surface area contributed by atoms with Crippen molar-refractivity contribution < 1.29 is 17.6 Å². The number of nitrogens with zero attached hydrogens (tertiary/aromatic N) is 7. The zero-order valence-corrected chi connectivity index (χ0v) is 20.3. The van der Waals surface area contributed by atoms with Gasteiger partial charge in [-0.15, -0.1) is 0 Å². The fourth-order valence-corrected chi connectivity index (χ4v) is 4.44. The average molecular weight is 518 g/mol. The molecule has 37 heavy (non-hydrogen) atoms. The third-order valence-electron chi connectivity index (χ3n) is 6.27. The van der Waals surface area contributed by atoms with Crippen molar-refractivity contribution in [1.29, 1.82) is 0 Å². The Bertz CT molecular complexity index is 1390. The van der Waals surface area contributed by atoms with Crippen molar-refractivity contribution >= 4 is 28.4 Å². The number of piperidine rings is 1. The number of rotatable bonds is 6. The summed E-state index contributed by atoms with van der Waals surface area (Å²) in [5, 5.41) is 12.3. The van der Waals surface area contributed by atoms with Crippen LogP contribution in [-0.2, 0) is 6.54 Å². The maximum atomic E-state index is 14.1. The van der Waals surface area contributed by atoms with Crippen molar-refractivity contribution in [2.75, 3.05) is 23.3 Å². The van der Waals surface area contributed by atoms with Crippen LogP contribution >= 0.6 is 0 Å². The van der Waals surface area contributed by atoms with Gasteiger partial charge >= 0.3 is 6.18 Å². The van der Waals surface area contributed by atoms with E-state index in [1.54, 1.807) is 18.5 Å². The van der Waals surface area contributed by atoms with E-state index in [9.17, 15) is 17.6 Å². The van der Waals surface area contributed by atoms with Crippen LogP contribution in [0.4, 0.5) is 34.9 Å². The Balaban J connectivity index is 1.49. The molecule has 4 aromatic heterocycles. The van der Waals surface area contributed by atoms with Crippen molar-refractivity contribution in [3.63, 3.8) is 0 Å². The second kappa shape index (κ2) is 9.61. The number of halogens is 4. The highest BCUT2D eigenvalue weighted by molar-refractivity contribution is 5.81. The Morgan fingerprint density at radius 2 is 1.95 bits per heavy atom. The van der Waals surface area contributed by atoms with Gasteiger partial charge in [0.05, 0.1) is 18.4 Å². The first-order chi connectivity index (χ1) is 17.6. The van der Waals surface area contributed by atoms with Gasteiger partial charge in [0, 0.05) is 59.8 Å². The number of alkyl halides is 4. The van der Waals surface area contributed by atoms with Crippen molar-refractivity contribution in [1.82, 2.24) is 29.5 Å². The van der Waals surface area contributed by atoms with Crippen LogP contribution in [0.15, 0.2) is 43.0 Å². The summed E-state index contributed by atoms with van der Waals surface area (Å²) in [4.78, 5) is 11.1. The molecule has 4 aromatic rings. The molecule has 1 aliphatic rings. The van der Waals surface area contributed by atoms with E-state index in [0.29, 0.717) is 35.0 Å². The minimum Gasteiger partial charge on any atom is -0.369 e. The number of nitrogens with one attached hydrogen (secondary N) is 1. The quantitative estimate of drug-likeness (QED) is 0.364. The predicted octanol–water partition coefficient (Wildman–Crippen LogP) is 4.45. The molecule has 0 aliphatic carbocycles. The molecule has 1 fully saturated rings. The lowest BCUT2D eigenvalue weighted by molar-refractivity contribution is -0.142. The van der Waals surface area contributed by atoms with Crippen LogP contribution in [0.1, 0.15) is 26.3 Å². The molecule has 0 spiro atoms. The van der Waals surface area contributed by atoms with Crippen LogP contribution in [0.2, 0.25) is 0 Å². The van der Waals surface area contributed by atoms with Crippen LogP contribution in [0.5, 0.6) is 0 Å². The summed E-state index contributed by atoms with van der Waals surface area (Å²) in [7, 11) is 0. The molecule has 3 N–H and O–H groups in total. The molecule has 0 radical (unpaired) electrons. The normalized spacial score (nSPS) is 18.6. The summed E-state index contributed by atoms with van der Waals surface area (Å²) in [6.45, 7) is 3.49. The van der Waals surface area contributed by atoms with Gasteiger partial charge < -0.3 is 16.0 Å². The fourth-order valence-electron chi connectivity index (χ4n) is 4.44. The monoisotopic (exact) mass is 517 g/mol. The average Bonchev–Trinajstić information content (AvgIpc) is 3.46. The third kappa shape index (κ3) is 5.36. The van der Waals surface area contributed by atoms with Crippen LogP contribution in [0.3, 0.4) is 0 Å². The molecule has 0 bridgehead atoms. The van der Waals surface area contributed by atoms with E-state index in [2.05, 4.69) is 25.5 Å². The van der Waals surface area contributed by atoms with Gasteiger partial charge in [-0.2, -0.15) is 23.4 Å². The van der Waals surface area contributed by atoms with Gasteiger partial charge in [-0.25, -0.2) is 19.0 Å². The molecule has 2 atom stereocenters. The standard InChI is InChI=1S/C24H27F4N9/c1-14(2)37-23-15(8-32-37)3-4-21(34-23)33-22-7-20(35-6-5-18(25)19(29)12-35)17(10-30-22)16-9-31-36(11-16)13-24(26,27)28/h3-4,7-11,14,18-19H,5-6,12-13,29H2,1-2H3,(H,30,33,34)/t18-,19+/m0/s1. The number of anilines is 3. The van der Waals surface area contributed by atoms with E-state index in [0.717, 1.165) is 15.7 Å². The van der Waals surface area contributed by atoms with Gasteiger partial charge in [-0.3, -0.25) is 4.68 Å². The van der Waals surface area contributed by atoms with Gasteiger partial charge in [-0.05, 0) is 32.4 Å². The zero-order valence-electron chi connectivity index (χ0n) is 20.3. The molecule has 0 aromatic carbocycles. The largest absolute Gasteiger partial charge is 0.408 e. The van der Waals surface area contributed by atoms with Crippen molar-refractivity contribution in [2.45, 2.75) is 51.2 Å². The first-order valence-corrected chi connectivity index (χ1v) is 11.9. The molecule has 196 valence electrons. The van der Waals surface area contributed by atoms with Gasteiger partial charge in [0.1, 0.15) is 24.4 Å². The lowest BCUT2D eigenvalue weighted by Gasteiger charge is -2.35. The Labute approximate surface area is 210 Å². The first kappa shape index (κ1) is 24.9. The Morgan fingerprint density at radius 3 is 2.68 bits per heavy atom. The van der Waals surface area contributed by atoms with Crippen LogP contribution in [-0.4, -0.2) is 61.0 Å². The Hall–Kier alpha value is -3.74. The van der Waals surface area contributed by atoms with E-state index in [-0.39, 0.29) is 19.0 Å². The summed E-state index contributed by atoms with van der Waals surface area (Å²) in [5.74, 6) is 1.03. The second-order valence-corrected chi connectivity index (χ2v) is 9.46. The summed E-state index contributed by atoms with van der Waals surface area (Å²) >= 11 is 0. The molecular weight excluding hydrogens is 490 g/mol. The van der Waals surface area contributed by atoms with Gasteiger partial charge in [0.15, 0.2) is 5.65 Å². The summed E-state index contributed by atoms with van der Waals surface area (Å²) in [5.41, 5.74) is 8.44. The zero-order chi connectivity index (χ0) is 26.3. The molecule has 1 aliphatic heterocycles. The second-order valence-electron chi connectivity index (χ2n) is 9.46. The summed E-state index contributed by atoms with van der Waals surface area (Å²) < 4.78 is 55.3. The molecule has 0 unspecified atom stereocenters. The number of nitrogens with two attached hydrogens (primary N) is 1. The molecule has 13 heteroatoms. The first-order valence-electron chi connectivity index (χ1n) is 11.9. The predicted molar refractivity (Wildman–Crippen MR) is 132 cm³/mol. The highest BCUT2D eigenvalue weighted by Gasteiger charge is 2.30. The highest BCUT2D eigenvalue weighted by Crippen LogP contribution is 2.35. The number of fused-ring (bicyclic) bond motifs is 1. The molecule has 5 rings (SSSR count). The molecule has 5 heterocycles. The van der Waals surface area contributed by atoms with E-state index in [4.69, 9.17) is 5.73 Å². The van der Waals surface area contributed by atoms with Crippen LogP contribution in [0.25, 0.3) is 22.2 Å². The summed E-state index contributed by atoms with van der Waals surface area (Å²) in [6, 6.07) is 4.94. The van der Waals surface area contributed by atoms with E-state index in [1.165, 1.54) is 12.4 Å². The lowest BCUT2D eigenvalue weighted by atomic mass is 10.0. The maximum absolute atomic E-state index is 14.1. The van der Waals surface area contributed by atoms with Crippen LogP contribution < -0.4 is 16.0 Å². The Morgan fingerprint density at radius 1 is 1.14 bits per heavy atom. The molecule has 9 nitrogen and oxygen atoms in total. The number of pyridine rings is 2. The maximum Gasteiger partial charge on any atom is 0.408 e. The third-order valence-corrected chi connectivity index (χ3v) is 6.27. The highest BCUT2D eigenvalue weighted by atomic mass is 19.4. The Kier molecular flexibility index (Phi) is 6.48. The van der Waals surface area contributed by atoms with E-state index in [1.807, 2.05) is 35.6 Å². The molecule has 0 saturated carbocycles. The summed E-state index contributed by atoms with van der Waals surface area (Å²) in [6.07, 6.45) is 0.749. The topological polar surface area (TPSA) is 103 Å². The van der Waals surface area contributed by atoms with Crippen molar-refractivity contribution in [3.8, 4) is 11.1 Å². The number of hydrogen-bond acceptors (Lipinski definition) is 7. The molecule has 1 saturated heterocycles. The molecule has 0 amide bonds. The number of aromatic nitrogens is 6. The van der Waals surface area contributed by atoms with E-state index >= 15 is 0 Å². The fraction of sp³-hybridized carbons (Fsp3) is 0.417. The minimum atomic E-state index is -4.40. The van der Waals surface area contributed by atoms with Crippen molar-refractivity contribution in [2.24, 2.45) is 5.73 Å². The SMILES string of the molecule is CC(C)n1ncc2ccc(Nc3cc(N4CC[C@H](F)[C@H](N)C4)c(-c4cnn(CC(F)(F)F)c4)cn3)nc21. The number of hydrogen-bond donors (Lipinski definition) is 2. The van der Waals surface area contributed by atoms with Crippen LogP contribution in [0, 0.1) is 0 Å². The minimum absolute atomic E-state index is 0.130. The van der Waals surface area contributed by atoms with Crippen molar-refractivity contribution in [3.05, 3.63) is 43.0 Å². The lowest BCUT2D eigenvalue weighted by Crippen LogP contribution is -2.49. The van der Waals surface area contributed by atoms with Gasteiger partial charge in [0.25, 0.3) is 0 Å². The van der Waals surface area contributed by atoms with Gasteiger partial charge in [0.2, 0.25) is 0 Å². The smallest absolute Gasteiger partial charge is 0.369 e. The van der Waals surface area contributed by atoms with E-state index < -0.39 is 24.9 Å². The van der Waals surface area contributed by atoms with Gasteiger partial charge in [-0.1, -0.05) is 0 Å². The molecular formula is C24H27F4N9.